The van der Waals surface area contributed by atoms with Crippen LogP contribution in [0.3, 0.4) is 0 Å². The zero-order valence-electron chi connectivity index (χ0n) is 11.1. The molecular formula is C13H23N3O. The summed E-state index contributed by atoms with van der Waals surface area (Å²) >= 11 is 0. The average molecular weight is 237 g/mol. The van der Waals surface area contributed by atoms with Gasteiger partial charge in [0.1, 0.15) is 5.76 Å². The van der Waals surface area contributed by atoms with Crippen LogP contribution in [0.4, 0.5) is 0 Å². The average Bonchev–Trinajstić information content (AvgIpc) is 2.79. The van der Waals surface area contributed by atoms with Crippen molar-refractivity contribution in [3.63, 3.8) is 0 Å². The van der Waals surface area contributed by atoms with Gasteiger partial charge >= 0.3 is 0 Å². The van der Waals surface area contributed by atoms with Crippen LogP contribution in [0.15, 0.2) is 10.6 Å². The molecule has 2 atom stereocenters. The SMILES string of the molecule is CCc1cnc(CNC2CCN(C)C(C)C2)o1. The normalized spacial score (nSPS) is 26.3. The molecule has 2 unspecified atom stereocenters. The molecule has 0 saturated carbocycles. The zero-order chi connectivity index (χ0) is 12.3. The molecule has 0 aromatic carbocycles. The maximum atomic E-state index is 5.59. The second-order valence-corrected chi connectivity index (χ2v) is 5.01. The molecule has 1 aromatic rings. The number of aryl methyl sites for hydroxylation is 1. The molecule has 2 rings (SSSR count). The first-order chi connectivity index (χ1) is 8.19. The number of rotatable bonds is 4. The topological polar surface area (TPSA) is 41.3 Å². The highest BCUT2D eigenvalue weighted by Crippen LogP contribution is 2.15. The number of piperidine rings is 1. The van der Waals surface area contributed by atoms with E-state index in [-0.39, 0.29) is 0 Å². The molecule has 1 N–H and O–H groups in total. The van der Waals surface area contributed by atoms with Crippen molar-refractivity contribution >= 4 is 0 Å². The Hall–Kier alpha value is -0.870. The van der Waals surface area contributed by atoms with Crippen LogP contribution in [-0.4, -0.2) is 35.6 Å². The summed E-state index contributed by atoms with van der Waals surface area (Å²) in [6.45, 7) is 6.29. The molecule has 4 heteroatoms. The van der Waals surface area contributed by atoms with Gasteiger partial charge in [0, 0.05) is 18.5 Å². The number of nitrogens with one attached hydrogen (secondary N) is 1. The van der Waals surface area contributed by atoms with Crippen molar-refractivity contribution in [1.82, 2.24) is 15.2 Å². The highest BCUT2D eigenvalue weighted by Gasteiger charge is 2.22. The lowest BCUT2D eigenvalue weighted by atomic mass is 9.99. The van der Waals surface area contributed by atoms with Gasteiger partial charge in [0.05, 0.1) is 12.7 Å². The second kappa shape index (κ2) is 5.65. The summed E-state index contributed by atoms with van der Waals surface area (Å²) in [6, 6.07) is 1.26. The number of aromatic nitrogens is 1. The van der Waals surface area contributed by atoms with Crippen molar-refractivity contribution in [2.24, 2.45) is 0 Å². The number of nitrogens with zero attached hydrogens (tertiary/aromatic N) is 2. The fourth-order valence-corrected chi connectivity index (χ4v) is 2.30. The van der Waals surface area contributed by atoms with E-state index in [1.807, 2.05) is 6.20 Å². The number of hydrogen-bond donors (Lipinski definition) is 1. The van der Waals surface area contributed by atoms with E-state index in [9.17, 15) is 0 Å². The summed E-state index contributed by atoms with van der Waals surface area (Å²) in [5.41, 5.74) is 0. The minimum atomic E-state index is 0.596. The van der Waals surface area contributed by atoms with Gasteiger partial charge < -0.3 is 14.6 Å². The monoisotopic (exact) mass is 237 g/mol. The maximum Gasteiger partial charge on any atom is 0.208 e. The first kappa shape index (κ1) is 12.6. The van der Waals surface area contributed by atoms with Crippen LogP contribution >= 0.6 is 0 Å². The molecule has 1 aliphatic heterocycles. The quantitative estimate of drug-likeness (QED) is 0.867. The predicted molar refractivity (Wildman–Crippen MR) is 67.8 cm³/mol. The van der Waals surface area contributed by atoms with Crippen LogP contribution in [0.5, 0.6) is 0 Å². The summed E-state index contributed by atoms with van der Waals surface area (Å²) in [6.07, 6.45) is 5.16. The Morgan fingerprint density at radius 2 is 2.41 bits per heavy atom. The van der Waals surface area contributed by atoms with Gasteiger partial charge in [-0.2, -0.15) is 0 Å². The molecule has 4 nitrogen and oxygen atoms in total. The van der Waals surface area contributed by atoms with Gasteiger partial charge in [0.15, 0.2) is 0 Å². The van der Waals surface area contributed by atoms with E-state index in [0.717, 1.165) is 24.6 Å². The van der Waals surface area contributed by atoms with E-state index in [1.165, 1.54) is 19.4 Å². The summed E-state index contributed by atoms with van der Waals surface area (Å²) in [4.78, 5) is 6.68. The van der Waals surface area contributed by atoms with Crippen molar-refractivity contribution in [3.05, 3.63) is 17.8 Å². The largest absolute Gasteiger partial charge is 0.444 e. The van der Waals surface area contributed by atoms with Crippen LogP contribution in [0.2, 0.25) is 0 Å². The van der Waals surface area contributed by atoms with E-state index < -0.39 is 0 Å². The van der Waals surface area contributed by atoms with Crippen LogP contribution in [-0.2, 0) is 13.0 Å². The van der Waals surface area contributed by atoms with E-state index in [2.05, 4.69) is 36.1 Å². The molecule has 0 aliphatic carbocycles. The van der Waals surface area contributed by atoms with Gasteiger partial charge in [-0.3, -0.25) is 0 Å². The molecule has 96 valence electrons. The Bertz CT molecular complexity index is 350. The summed E-state index contributed by atoms with van der Waals surface area (Å²) in [5, 5.41) is 3.54. The molecule has 1 fully saturated rings. The standard InChI is InChI=1S/C13H23N3O/c1-4-12-8-15-13(17-12)9-14-11-5-6-16(3)10(2)7-11/h8,10-11,14H,4-7,9H2,1-3H3. The van der Waals surface area contributed by atoms with Gasteiger partial charge in [0.2, 0.25) is 5.89 Å². The molecule has 0 spiro atoms. The maximum absolute atomic E-state index is 5.59. The first-order valence-electron chi connectivity index (χ1n) is 6.56. The third-order valence-electron chi connectivity index (χ3n) is 3.70. The lowest BCUT2D eigenvalue weighted by Crippen LogP contribution is -2.45. The number of oxazole rings is 1. The van der Waals surface area contributed by atoms with Crippen LogP contribution in [0.25, 0.3) is 0 Å². The van der Waals surface area contributed by atoms with Gasteiger partial charge in [-0.05, 0) is 33.4 Å². The molecule has 0 radical (unpaired) electrons. The van der Waals surface area contributed by atoms with Crippen molar-refractivity contribution in [3.8, 4) is 0 Å². The lowest BCUT2D eigenvalue weighted by Gasteiger charge is -2.35. The summed E-state index contributed by atoms with van der Waals surface area (Å²) in [7, 11) is 2.20. The molecule has 0 amide bonds. The van der Waals surface area contributed by atoms with Crippen LogP contribution < -0.4 is 5.32 Å². The Kier molecular flexibility index (Phi) is 4.18. The molecular weight excluding hydrogens is 214 g/mol. The van der Waals surface area contributed by atoms with Gasteiger partial charge in [-0.1, -0.05) is 6.92 Å². The number of likely N-dealkylation sites (tertiary alicyclic amines) is 1. The molecule has 17 heavy (non-hydrogen) atoms. The van der Waals surface area contributed by atoms with Gasteiger partial charge in [0.25, 0.3) is 0 Å². The van der Waals surface area contributed by atoms with Crippen LogP contribution in [0.1, 0.15) is 38.3 Å². The summed E-state index contributed by atoms with van der Waals surface area (Å²) < 4.78 is 5.59. The Morgan fingerprint density at radius 3 is 3.06 bits per heavy atom. The van der Waals surface area contributed by atoms with Gasteiger partial charge in [-0.15, -0.1) is 0 Å². The molecule has 1 aliphatic rings. The van der Waals surface area contributed by atoms with Crippen molar-refractivity contribution < 1.29 is 4.42 Å². The fourth-order valence-electron chi connectivity index (χ4n) is 2.30. The molecule has 1 aromatic heterocycles. The minimum absolute atomic E-state index is 0.596. The lowest BCUT2D eigenvalue weighted by molar-refractivity contribution is 0.166. The third kappa shape index (κ3) is 3.30. The molecule has 0 bridgehead atoms. The Morgan fingerprint density at radius 1 is 1.59 bits per heavy atom. The summed E-state index contributed by atoms with van der Waals surface area (Å²) in [5.74, 6) is 1.78. The molecule has 1 saturated heterocycles. The van der Waals surface area contributed by atoms with E-state index in [4.69, 9.17) is 4.42 Å². The van der Waals surface area contributed by atoms with E-state index in [1.54, 1.807) is 0 Å². The zero-order valence-corrected chi connectivity index (χ0v) is 11.1. The highest BCUT2D eigenvalue weighted by atomic mass is 16.4. The van der Waals surface area contributed by atoms with E-state index >= 15 is 0 Å². The Labute approximate surface area is 103 Å². The first-order valence-corrected chi connectivity index (χ1v) is 6.56. The predicted octanol–water partition coefficient (Wildman–Crippen LogP) is 1.81. The van der Waals surface area contributed by atoms with E-state index in [0.29, 0.717) is 12.1 Å². The van der Waals surface area contributed by atoms with Gasteiger partial charge in [-0.25, -0.2) is 4.98 Å². The molecule has 2 heterocycles. The third-order valence-corrected chi connectivity index (χ3v) is 3.70. The Balaban J connectivity index is 1.78. The highest BCUT2D eigenvalue weighted by molar-refractivity contribution is 4.94. The fraction of sp³-hybridized carbons (Fsp3) is 0.769. The van der Waals surface area contributed by atoms with Crippen molar-refractivity contribution in [2.45, 2.75) is 51.7 Å². The number of hydrogen-bond acceptors (Lipinski definition) is 4. The smallest absolute Gasteiger partial charge is 0.208 e. The van der Waals surface area contributed by atoms with Crippen LogP contribution in [0, 0.1) is 0 Å². The second-order valence-electron chi connectivity index (χ2n) is 5.01. The minimum Gasteiger partial charge on any atom is -0.444 e. The van der Waals surface area contributed by atoms with Crippen molar-refractivity contribution in [2.75, 3.05) is 13.6 Å². The van der Waals surface area contributed by atoms with Crippen molar-refractivity contribution in [1.29, 1.82) is 0 Å².